The van der Waals surface area contributed by atoms with Gasteiger partial charge in [0.05, 0.1) is 14.2 Å². The van der Waals surface area contributed by atoms with Crippen LogP contribution < -0.4 is 14.8 Å². The van der Waals surface area contributed by atoms with Gasteiger partial charge in [-0.15, -0.1) is 0 Å². The third-order valence-corrected chi connectivity index (χ3v) is 2.75. The first-order valence-corrected chi connectivity index (χ1v) is 6.15. The van der Waals surface area contributed by atoms with Crippen LogP contribution in [0.3, 0.4) is 0 Å². The second kappa shape index (κ2) is 6.89. The van der Waals surface area contributed by atoms with Crippen molar-refractivity contribution in [1.29, 1.82) is 0 Å². The Bertz CT molecular complexity index is 382. The quantitative estimate of drug-likeness (QED) is 0.845. The van der Waals surface area contributed by atoms with E-state index in [4.69, 9.17) is 9.47 Å². The molecule has 4 heteroatoms. The topological polar surface area (TPSA) is 47.6 Å². The van der Waals surface area contributed by atoms with Crippen LogP contribution in [0.5, 0.6) is 11.5 Å². The molecule has 1 amide bonds. The number of rotatable bonds is 6. The molecule has 0 bridgehead atoms. The van der Waals surface area contributed by atoms with E-state index in [0.29, 0.717) is 17.1 Å². The maximum Gasteiger partial charge on any atom is 0.259 e. The first-order valence-electron chi connectivity index (χ1n) is 6.15. The second-order valence-electron chi connectivity index (χ2n) is 4.20. The molecule has 0 unspecified atom stereocenters. The number of amides is 1. The van der Waals surface area contributed by atoms with Gasteiger partial charge in [-0.1, -0.05) is 19.4 Å². The molecule has 0 radical (unpaired) electrons. The monoisotopic (exact) mass is 251 g/mol. The summed E-state index contributed by atoms with van der Waals surface area (Å²) in [4.78, 5) is 12.2. The molecule has 0 aromatic heterocycles. The minimum absolute atomic E-state index is 0.136. The van der Waals surface area contributed by atoms with E-state index in [2.05, 4.69) is 12.2 Å². The Morgan fingerprint density at radius 1 is 1.28 bits per heavy atom. The summed E-state index contributed by atoms with van der Waals surface area (Å²) in [6.45, 7) is 4.08. The Hall–Kier alpha value is -1.71. The van der Waals surface area contributed by atoms with Gasteiger partial charge >= 0.3 is 0 Å². The second-order valence-corrected chi connectivity index (χ2v) is 4.20. The molecule has 1 aromatic carbocycles. The molecule has 0 saturated heterocycles. The van der Waals surface area contributed by atoms with Crippen molar-refractivity contribution in [2.45, 2.75) is 32.7 Å². The van der Waals surface area contributed by atoms with Crippen LogP contribution in [0.2, 0.25) is 0 Å². The number of carbonyl (C=O) groups excluding carboxylic acids is 1. The van der Waals surface area contributed by atoms with Gasteiger partial charge in [-0.25, -0.2) is 0 Å². The molecule has 0 aliphatic heterocycles. The molecule has 0 aliphatic carbocycles. The van der Waals surface area contributed by atoms with E-state index < -0.39 is 0 Å². The highest BCUT2D eigenvalue weighted by Crippen LogP contribution is 2.28. The zero-order valence-electron chi connectivity index (χ0n) is 11.4. The van der Waals surface area contributed by atoms with Crippen molar-refractivity contribution < 1.29 is 14.3 Å². The summed E-state index contributed by atoms with van der Waals surface area (Å²) in [6, 6.07) is 5.44. The Morgan fingerprint density at radius 2 is 1.83 bits per heavy atom. The van der Waals surface area contributed by atoms with Crippen LogP contribution >= 0.6 is 0 Å². The van der Waals surface area contributed by atoms with Gasteiger partial charge in [0.2, 0.25) is 0 Å². The normalized spacial score (nSPS) is 11.8. The average molecular weight is 251 g/mol. The predicted molar refractivity (Wildman–Crippen MR) is 71.4 cm³/mol. The number of nitrogens with one attached hydrogen (secondary N) is 1. The number of ether oxygens (including phenoxy) is 2. The maximum atomic E-state index is 12.2. The van der Waals surface area contributed by atoms with Gasteiger partial charge in [-0.2, -0.15) is 0 Å². The lowest BCUT2D eigenvalue weighted by molar-refractivity contribution is 0.0932. The lowest BCUT2D eigenvalue weighted by Crippen LogP contribution is -2.32. The third kappa shape index (κ3) is 3.39. The Kier molecular flexibility index (Phi) is 5.49. The van der Waals surface area contributed by atoms with E-state index in [9.17, 15) is 4.79 Å². The molecule has 0 heterocycles. The van der Waals surface area contributed by atoms with Gasteiger partial charge in [-0.05, 0) is 25.5 Å². The zero-order chi connectivity index (χ0) is 13.5. The minimum Gasteiger partial charge on any atom is -0.496 e. The molecule has 1 rings (SSSR count). The lowest BCUT2D eigenvalue weighted by Gasteiger charge is -2.16. The van der Waals surface area contributed by atoms with Gasteiger partial charge < -0.3 is 14.8 Å². The van der Waals surface area contributed by atoms with Crippen LogP contribution in [0, 0.1) is 0 Å². The summed E-state index contributed by atoms with van der Waals surface area (Å²) < 4.78 is 10.4. The number of hydrogen-bond acceptors (Lipinski definition) is 3. The molecule has 4 nitrogen and oxygen atoms in total. The fraction of sp³-hybridized carbons (Fsp3) is 0.500. The van der Waals surface area contributed by atoms with E-state index >= 15 is 0 Å². The van der Waals surface area contributed by atoms with E-state index in [1.54, 1.807) is 32.4 Å². The highest BCUT2D eigenvalue weighted by Gasteiger charge is 2.19. The van der Waals surface area contributed by atoms with Gasteiger partial charge in [0.15, 0.2) is 0 Å². The van der Waals surface area contributed by atoms with E-state index in [1.165, 1.54) is 0 Å². The van der Waals surface area contributed by atoms with Gasteiger partial charge in [0.1, 0.15) is 17.1 Å². The van der Waals surface area contributed by atoms with Crippen molar-refractivity contribution in [2.24, 2.45) is 0 Å². The molecule has 0 aliphatic rings. The van der Waals surface area contributed by atoms with Gasteiger partial charge in [0.25, 0.3) is 5.91 Å². The molecule has 0 fully saturated rings. The summed E-state index contributed by atoms with van der Waals surface area (Å²) in [5, 5.41) is 2.95. The highest BCUT2D eigenvalue weighted by molar-refractivity contribution is 5.99. The first-order chi connectivity index (χ1) is 8.63. The summed E-state index contributed by atoms with van der Waals surface area (Å²) in [5.41, 5.74) is 0.449. The SMILES string of the molecule is CCC[C@@H](C)NC(=O)c1c(OC)cccc1OC. The van der Waals surface area contributed by atoms with Gasteiger partial charge in [-0.3, -0.25) is 4.79 Å². The molecule has 1 N–H and O–H groups in total. The Morgan fingerprint density at radius 3 is 2.28 bits per heavy atom. The van der Waals surface area contributed by atoms with Crippen LogP contribution in [0.4, 0.5) is 0 Å². The summed E-state index contributed by atoms with van der Waals surface area (Å²) in [6.07, 6.45) is 1.98. The molecule has 0 saturated carbocycles. The summed E-state index contributed by atoms with van der Waals surface area (Å²) in [5.74, 6) is 0.886. The standard InChI is InChI=1S/C14H21NO3/c1-5-7-10(2)15-14(16)13-11(17-3)8-6-9-12(13)18-4/h6,8-10H,5,7H2,1-4H3,(H,15,16)/t10-/m1/s1. The van der Waals surface area contributed by atoms with E-state index in [1.807, 2.05) is 6.92 Å². The molecule has 1 atom stereocenters. The summed E-state index contributed by atoms with van der Waals surface area (Å²) in [7, 11) is 3.09. The van der Waals surface area contributed by atoms with Crippen molar-refractivity contribution in [3.05, 3.63) is 23.8 Å². The largest absolute Gasteiger partial charge is 0.496 e. The molecular formula is C14H21NO3. The predicted octanol–water partition coefficient (Wildman–Crippen LogP) is 2.62. The van der Waals surface area contributed by atoms with Crippen molar-refractivity contribution in [3.8, 4) is 11.5 Å². The van der Waals surface area contributed by atoms with Crippen LogP contribution in [0.15, 0.2) is 18.2 Å². The van der Waals surface area contributed by atoms with Gasteiger partial charge in [0, 0.05) is 6.04 Å². The average Bonchev–Trinajstić information content (AvgIpc) is 2.37. The van der Waals surface area contributed by atoms with Crippen LogP contribution in [-0.4, -0.2) is 26.2 Å². The van der Waals surface area contributed by atoms with Crippen LogP contribution in [0.25, 0.3) is 0 Å². The number of benzene rings is 1. The van der Waals surface area contributed by atoms with Crippen molar-refractivity contribution in [2.75, 3.05) is 14.2 Å². The third-order valence-electron chi connectivity index (χ3n) is 2.75. The number of carbonyl (C=O) groups is 1. The molecule has 1 aromatic rings. The molecule has 18 heavy (non-hydrogen) atoms. The van der Waals surface area contributed by atoms with Crippen molar-refractivity contribution in [3.63, 3.8) is 0 Å². The fourth-order valence-electron chi connectivity index (χ4n) is 1.88. The van der Waals surface area contributed by atoms with Crippen LogP contribution in [-0.2, 0) is 0 Å². The Balaban J connectivity index is 2.96. The molecule has 100 valence electrons. The molecular weight excluding hydrogens is 230 g/mol. The Labute approximate surface area is 108 Å². The van der Waals surface area contributed by atoms with Crippen molar-refractivity contribution >= 4 is 5.91 Å². The number of hydrogen-bond donors (Lipinski definition) is 1. The minimum atomic E-state index is -0.162. The maximum absolute atomic E-state index is 12.2. The lowest BCUT2D eigenvalue weighted by atomic mass is 10.1. The zero-order valence-corrected chi connectivity index (χ0v) is 11.4. The first kappa shape index (κ1) is 14.4. The fourth-order valence-corrected chi connectivity index (χ4v) is 1.88. The van der Waals surface area contributed by atoms with Crippen molar-refractivity contribution in [1.82, 2.24) is 5.32 Å². The summed E-state index contributed by atoms with van der Waals surface area (Å²) >= 11 is 0. The molecule has 0 spiro atoms. The van der Waals surface area contributed by atoms with Crippen LogP contribution in [0.1, 0.15) is 37.0 Å². The number of methoxy groups -OCH3 is 2. The highest BCUT2D eigenvalue weighted by atomic mass is 16.5. The van der Waals surface area contributed by atoms with E-state index in [0.717, 1.165) is 12.8 Å². The smallest absolute Gasteiger partial charge is 0.259 e. The van der Waals surface area contributed by atoms with E-state index in [-0.39, 0.29) is 11.9 Å².